The summed E-state index contributed by atoms with van der Waals surface area (Å²) in [5.74, 6) is 2.32. The fourth-order valence-corrected chi connectivity index (χ4v) is 6.79. The van der Waals surface area contributed by atoms with Gasteiger partial charge in [0.05, 0.1) is 31.0 Å². The minimum absolute atomic E-state index is 0.0275. The number of hydrogen-bond donors (Lipinski definition) is 2. The average molecular weight is 507 g/mol. The Morgan fingerprint density at radius 1 is 1.05 bits per heavy atom. The smallest absolute Gasteiger partial charge is 0.232 e. The third kappa shape index (κ3) is 4.47. The lowest BCUT2D eigenvalue weighted by Gasteiger charge is -2.36. The van der Waals surface area contributed by atoms with Crippen LogP contribution in [0.25, 0.3) is 0 Å². The van der Waals surface area contributed by atoms with E-state index in [4.69, 9.17) is 9.72 Å². The molecule has 2 atom stereocenters. The van der Waals surface area contributed by atoms with Crippen LogP contribution in [0.15, 0.2) is 24.4 Å². The molecule has 2 saturated carbocycles. The first-order valence-corrected chi connectivity index (χ1v) is 13.8. The summed E-state index contributed by atoms with van der Waals surface area (Å²) in [7, 11) is 3.54. The number of aliphatic hydroxyl groups excluding tert-OH is 1. The molecule has 0 spiro atoms. The number of carbonyl (C=O) groups is 1. The molecule has 1 amide bonds. The fraction of sp³-hybridized carbons (Fsp3) is 0.607. The number of aliphatic hydroxyl groups is 1. The Bertz CT molecular complexity index is 1140. The highest BCUT2D eigenvalue weighted by Crippen LogP contribution is 2.45. The standard InChI is InChI=1S/C28H38N6O3/c1-32-24-17-29-28(30-22-11-10-19(16-25(22)37-2)33-14-12-20(35)13-15-33)31-26(24)34(18-6-3-4-7-18)23-9-5-8-21(23)27(32)36/h10-11,16-18,20-21,23,35H,3-9,12-15H2,1-2H3,(H,29,30,31). The zero-order chi connectivity index (χ0) is 25.5. The summed E-state index contributed by atoms with van der Waals surface area (Å²) in [5.41, 5.74) is 2.68. The third-order valence-corrected chi connectivity index (χ3v) is 8.82. The van der Waals surface area contributed by atoms with Crippen molar-refractivity contribution < 1.29 is 14.6 Å². The van der Waals surface area contributed by atoms with Crippen molar-refractivity contribution in [3.05, 3.63) is 24.4 Å². The molecule has 2 aliphatic heterocycles. The minimum atomic E-state index is -0.206. The summed E-state index contributed by atoms with van der Waals surface area (Å²) in [6, 6.07) is 6.74. The van der Waals surface area contributed by atoms with Crippen LogP contribution in [0.1, 0.15) is 57.8 Å². The maximum absolute atomic E-state index is 13.4. The number of amides is 1. The van der Waals surface area contributed by atoms with E-state index < -0.39 is 0 Å². The predicted octanol–water partition coefficient (Wildman–Crippen LogP) is 4.08. The molecule has 9 heteroatoms. The lowest BCUT2D eigenvalue weighted by Crippen LogP contribution is -2.46. The Kier molecular flexibility index (Phi) is 6.56. The lowest BCUT2D eigenvalue weighted by molar-refractivity contribution is -0.122. The molecule has 1 aromatic heterocycles. The van der Waals surface area contributed by atoms with Crippen LogP contribution in [-0.4, -0.2) is 66.4 Å². The van der Waals surface area contributed by atoms with Crippen LogP contribution >= 0.6 is 0 Å². The van der Waals surface area contributed by atoms with E-state index in [-0.39, 0.29) is 24.0 Å². The van der Waals surface area contributed by atoms with Gasteiger partial charge in [-0.1, -0.05) is 19.3 Å². The van der Waals surface area contributed by atoms with Gasteiger partial charge in [0.25, 0.3) is 0 Å². The Labute approximate surface area is 218 Å². The van der Waals surface area contributed by atoms with Crippen LogP contribution in [0.5, 0.6) is 5.75 Å². The molecule has 1 saturated heterocycles. The van der Waals surface area contributed by atoms with Crippen LogP contribution in [0.3, 0.4) is 0 Å². The summed E-state index contributed by atoms with van der Waals surface area (Å²) < 4.78 is 5.74. The molecule has 0 bridgehead atoms. The molecular formula is C28H38N6O3. The molecule has 3 fully saturated rings. The Morgan fingerprint density at radius 2 is 1.84 bits per heavy atom. The molecule has 6 rings (SSSR count). The highest BCUT2D eigenvalue weighted by Gasteiger charge is 2.46. The summed E-state index contributed by atoms with van der Waals surface area (Å²) in [5, 5.41) is 13.2. The number of piperidine rings is 1. The van der Waals surface area contributed by atoms with Crippen molar-refractivity contribution in [2.75, 3.05) is 47.3 Å². The van der Waals surface area contributed by atoms with Gasteiger partial charge in [-0.3, -0.25) is 4.79 Å². The van der Waals surface area contributed by atoms with Gasteiger partial charge in [-0.15, -0.1) is 0 Å². The van der Waals surface area contributed by atoms with E-state index in [0.29, 0.717) is 12.0 Å². The second-order valence-corrected chi connectivity index (χ2v) is 11.0. The maximum atomic E-state index is 13.4. The first-order valence-electron chi connectivity index (χ1n) is 13.8. The number of rotatable bonds is 5. The number of hydrogen-bond acceptors (Lipinski definition) is 8. The van der Waals surface area contributed by atoms with Gasteiger partial charge in [-0.05, 0) is 50.7 Å². The first-order chi connectivity index (χ1) is 18.0. The molecule has 198 valence electrons. The van der Waals surface area contributed by atoms with Crippen molar-refractivity contribution in [1.29, 1.82) is 0 Å². The molecule has 0 radical (unpaired) electrons. The van der Waals surface area contributed by atoms with Crippen LogP contribution in [0, 0.1) is 5.92 Å². The topological polar surface area (TPSA) is 94.1 Å². The van der Waals surface area contributed by atoms with Gasteiger partial charge in [0.1, 0.15) is 11.4 Å². The highest BCUT2D eigenvalue weighted by atomic mass is 16.5. The summed E-state index contributed by atoms with van der Waals surface area (Å²) >= 11 is 0. The second kappa shape index (κ2) is 10.0. The maximum Gasteiger partial charge on any atom is 0.232 e. The monoisotopic (exact) mass is 506 g/mol. The summed E-state index contributed by atoms with van der Waals surface area (Å²) in [4.78, 5) is 29.6. The Balaban J connectivity index is 1.32. The number of fused-ring (bicyclic) bond motifs is 2. The van der Waals surface area contributed by atoms with E-state index in [0.717, 1.165) is 86.7 Å². The van der Waals surface area contributed by atoms with Gasteiger partial charge in [-0.25, -0.2) is 4.98 Å². The van der Waals surface area contributed by atoms with Crippen molar-refractivity contribution in [2.45, 2.75) is 76.0 Å². The van der Waals surface area contributed by atoms with E-state index >= 15 is 0 Å². The number of ether oxygens (including phenoxy) is 1. The number of aromatic nitrogens is 2. The second-order valence-electron chi connectivity index (χ2n) is 11.0. The Hall–Kier alpha value is -3.07. The van der Waals surface area contributed by atoms with Crippen molar-refractivity contribution in [3.8, 4) is 5.75 Å². The van der Waals surface area contributed by atoms with Crippen molar-refractivity contribution in [2.24, 2.45) is 5.92 Å². The number of methoxy groups -OCH3 is 1. The number of carbonyl (C=O) groups excluding carboxylic acids is 1. The number of anilines is 5. The predicted molar refractivity (Wildman–Crippen MR) is 145 cm³/mol. The van der Waals surface area contributed by atoms with Gasteiger partial charge in [0.2, 0.25) is 11.9 Å². The minimum Gasteiger partial charge on any atom is -0.494 e. The molecule has 9 nitrogen and oxygen atoms in total. The van der Waals surface area contributed by atoms with Crippen molar-refractivity contribution in [1.82, 2.24) is 9.97 Å². The number of nitrogens with zero attached hydrogens (tertiary/aromatic N) is 5. The van der Waals surface area contributed by atoms with E-state index in [9.17, 15) is 9.90 Å². The normalized spacial score (nSPS) is 24.7. The largest absolute Gasteiger partial charge is 0.494 e. The van der Waals surface area contributed by atoms with E-state index in [2.05, 4.69) is 26.2 Å². The van der Waals surface area contributed by atoms with Crippen LogP contribution in [0.4, 0.5) is 28.8 Å². The fourth-order valence-electron chi connectivity index (χ4n) is 6.79. The molecular weight excluding hydrogens is 468 g/mol. The van der Waals surface area contributed by atoms with Crippen LogP contribution in [-0.2, 0) is 4.79 Å². The molecule has 2 aromatic rings. The summed E-state index contributed by atoms with van der Waals surface area (Å²) in [6.45, 7) is 1.66. The SMILES string of the molecule is COc1cc(N2CCC(O)CC2)ccc1Nc1ncc2c(n1)N(C1CCCC1)C1CCCC1C(=O)N2C. The number of nitrogens with one attached hydrogen (secondary N) is 1. The molecule has 2 unspecified atom stereocenters. The first kappa shape index (κ1) is 24.3. The van der Waals surface area contributed by atoms with Gasteiger partial charge < -0.3 is 29.9 Å². The molecule has 37 heavy (non-hydrogen) atoms. The Morgan fingerprint density at radius 3 is 2.59 bits per heavy atom. The molecule has 2 aliphatic carbocycles. The van der Waals surface area contributed by atoms with Gasteiger partial charge >= 0.3 is 0 Å². The molecule has 4 aliphatic rings. The summed E-state index contributed by atoms with van der Waals surface area (Å²) in [6.07, 6.45) is 11.0. The number of benzene rings is 1. The molecule has 1 aromatic carbocycles. The highest BCUT2D eigenvalue weighted by molar-refractivity contribution is 5.99. The lowest BCUT2D eigenvalue weighted by atomic mass is 9.99. The van der Waals surface area contributed by atoms with Gasteiger partial charge in [-0.2, -0.15) is 4.98 Å². The van der Waals surface area contributed by atoms with E-state index in [1.165, 1.54) is 12.8 Å². The zero-order valence-electron chi connectivity index (χ0n) is 21.9. The average Bonchev–Trinajstić information content (AvgIpc) is 3.61. The molecule has 2 N–H and O–H groups in total. The van der Waals surface area contributed by atoms with Crippen molar-refractivity contribution >= 4 is 34.7 Å². The quantitative estimate of drug-likeness (QED) is 0.627. The van der Waals surface area contributed by atoms with Crippen LogP contribution in [0.2, 0.25) is 0 Å². The van der Waals surface area contributed by atoms with Crippen LogP contribution < -0.4 is 24.8 Å². The van der Waals surface area contributed by atoms with E-state index in [1.807, 2.05) is 19.2 Å². The van der Waals surface area contributed by atoms with Gasteiger partial charge in [0, 0.05) is 44.0 Å². The van der Waals surface area contributed by atoms with E-state index in [1.54, 1.807) is 18.2 Å². The van der Waals surface area contributed by atoms with Crippen molar-refractivity contribution in [3.63, 3.8) is 0 Å². The zero-order valence-corrected chi connectivity index (χ0v) is 21.9. The molecule has 3 heterocycles. The third-order valence-electron chi connectivity index (χ3n) is 8.82. The van der Waals surface area contributed by atoms with Gasteiger partial charge in [0.15, 0.2) is 5.82 Å².